The monoisotopic (exact) mass is 580 g/mol. The predicted octanol–water partition coefficient (Wildman–Crippen LogP) is 5.30. The molecule has 0 amide bonds. The second kappa shape index (κ2) is 13.3. The van der Waals surface area contributed by atoms with Gasteiger partial charge in [0.1, 0.15) is 38.8 Å². The standard InChI is InChI=1S/C29H30F2N6O3S/c1-3-40-21-15-24(30)23(25(31)16-21)18-34-26-9-5-4-8-22(26)27(32)29-35-17-19(7-6-14-41(2,38)39)28(37-29)36-20-10-12-33-13-11-20/h4-5,8-13,15-17,32,34H,3,6-7,14,18H2,1-2H3,(H,33,35,36,37). The van der Waals surface area contributed by atoms with E-state index in [1.807, 2.05) is 0 Å². The van der Waals surface area contributed by atoms with Gasteiger partial charge in [0.25, 0.3) is 0 Å². The molecular formula is C29H30F2N6O3S. The second-order valence-corrected chi connectivity index (χ2v) is 11.5. The van der Waals surface area contributed by atoms with Crippen LogP contribution in [0.3, 0.4) is 0 Å². The number of aromatic nitrogens is 3. The van der Waals surface area contributed by atoms with Crippen LogP contribution in [0.2, 0.25) is 0 Å². The number of hydrogen-bond donors (Lipinski definition) is 3. The molecule has 0 fully saturated rings. The molecule has 0 saturated heterocycles. The summed E-state index contributed by atoms with van der Waals surface area (Å²) < 4.78 is 57.7. The lowest BCUT2D eigenvalue weighted by Crippen LogP contribution is -2.14. The number of halogens is 2. The second-order valence-electron chi connectivity index (χ2n) is 9.23. The molecule has 12 heteroatoms. The molecule has 214 valence electrons. The van der Waals surface area contributed by atoms with Crippen molar-refractivity contribution in [3.63, 3.8) is 0 Å². The van der Waals surface area contributed by atoms with E-state index in [0.717, 1.165) is 12.1 Å². The van der Waals surface area contributed by atoms with Crippen LogP contribution in [-0.2, 0) is 22.8 Å². The zero-order valence-electron chi connectivity index (χ0n) is 22.6. The molecule has 0 spiro atoms. The van der Waals surface area contributed by atoms with Crippen LogP contribution in [0.15, 0.2) is 67.1 Å². The number of aryl methyl sites for hydroxylation is 1. The summed E-state index contributed by atoms with van der Waals surface area (Å²) in [5, 5.41) is 15.1. The average molecular weight is 581 g/mol. The highest BCUT2D eigenvalue weighted by Gasteiger charge is 2.18. The summed E-state index contributed by atoms with van der Waals surface area (Å²) in [6, 6.07) is 12.7. The van der Waals surface area contributed by atoms with Crippen molar-refractivity contribution >= 4 is 32.7 Å². The molecule has 9 nitrogen and oxygen atoms in total. The molecule has 3 N–H and O–H groups in total. The number of anilines is 3. The molecule has 2 heterocycles. The Labute approximate surface area is 237 Å². The minimum Gasteiger partial charge on any atom is -0.494 e. The molecule has 0 saturated carbocycles. The molecule has 4 rings (SSSR count). The van der Waals surface area contributed by atoms with Gasteiger partial charge in [-0.15, -0.1) is 0 Å². The summed E-state index contributed by atoms with van der Waals surface area (Å²) in [6.07, 6.45) is 6.79. The zero-order valence-corrected chi connectivity index (χ0v) is 23.4. The number of nitrogens with one attached hydrogen (secondary N) is 3. The number of nitrogens with zero attached hydrogens (tertiary/aromatic N) is 3. The fraction of sp³-hybridized carbons (Fsp3) is 0.241. The van der Waals surface area contributed by atoms with E-state index in [4.69, 9.17) is 10.1 Å². The van der Waals surface area contributed by atoms with Crippen LogP contribution in [0.1, 0.15) is 35.9 Å². The molecule has 2 aromatic carbocycles. The topological polar surface area (TPSA) is 130 Å². The zero-order chi connectivity index (χ0) is 29.4. The van der Waals surface area contributed by atoms with E-state index in [1.54, 1.807) is 61.9 Å². The Morgan fingerprint density at radius 1 is 1.07 bits per heavy atom. The lowest BCUT2D eigenvalue weighted by molar-refractivity contribution is 0.335. The van der Waals surface area contributed by atoms with E-state index >= 15 is 0 Å². The van der Waals surface area contributed by atoms with Crippen molar-refractivity contribution in [1.82, 2.24) is 15.0 Å². The highest BCUT2D eigenvalue weighted by Crippen LogP contribution is 2.25. The van der Waals surface area contributed by atoms with Gasteiger partial charge in [0.15, 0.2) is 5.82 Å². The summed E-state index contributed by atoms with van der Waals surface area (Å²) in [4.78, 5) is 13.0. The summed E-state index contributed by atoms with van der Waals surface area (Å²) in [5.41, 5.74) is 2.13. The Kier molecular flexibility index (Phi) is 9.56. The van der Waals surface area contributed by atoms with E-state index < -0.39 is 21.5 Å². The molecule has 4 aromatic rings. The van der Waals surface area contributed by atoms with Gasteiger partial charge in [0.2, 0.25) is 0 Å². The maximum atomic E-state index is 14.6. The fourth-order valence-corrected chi connectivity index (χ4v) is 4.74. The number of ether oxygens (including phenoxy) is 1. The molecule has 0 unspecified atom stereocenters. The van der Waals surface area contributed by atoms with Gasteiger partial charge in [-0.25, -0.2) is 27.2 Å². The summed E-state index contributed by atoms with van der Waals surface area (Å²) in [6.45, 7) is 1.85. The summed E-state index contributed by atoms with van der Waals surface area (Å²) in [7, 11) is -3.13. The van der Waals surface area contributed by atoms with Crippen molar-refractivity contribution in [2.24, 2.45) is 0 Å². The number of hydrogen-bond acceptors (Lipinski definition) is 9. The molecule has 0 aliphatic carbocycles. The van der Waals surface area contributed by atoms with Crippen LogP contribution in [0.5, 0.6) is 5.75 Å². The molecule has 0 atom stereocenters. The van der Waals surface area contributed by atoms with Gasteiger partial charge in [-0.05, 0) is 38.0 Å². The summed E-state index contributed by atoms with van der Waals surface area (Å²) in [5.74, 6) is -0.801. The smallest absolute Gasteiger partial charge is 0.180 e. The molecule has 0 aliphatic heterocycles. The van der Waals surface area contributed by atoms with Crippen molar-refractivity contribution in [1.29, 1.82) is 5.41 Å². The quantitative estimate of drug-likeness (QED) is 0.182. The fourth-order valence-electron chi connectivity index (χ4n) is 4.07. The van der Waals surface area contributed by atoms with Crippen molar-refractivity contribution in [3.8, 4) is 5.75 Å². The van der Waals surface area contributed by atoms with E-state index in [1.165, 1.54) is 6.26 Å². The average Bonchev–Trinajstić information content (AvgIpc) is 2.93. The Morgan fingerprint density at radius 2 is 1.78 bits per heavy atom. The maximum absolute atomic E-state index is 14.6. The maximum Gasteiger partial charge on any atom is 0.180 e. The number of sulfone groups is 1. The van der Waals surface area contributed by atoms with Crippen LogP contribution in [-0.4, -0.2) is 47.7 Å². The number of rotatable bonds is 13. The van der Waals surface area contributed by atoms with E-state index in [2.05, 4.69) is 25.6 Å². The van der Waals surface area contributed by atoms with Gasteiger partial charge in [0, 0.05) is 71.6 Å². The third-order valence-electron chi connectivity index (χ3n) is 6.07. The SMILES string of the molecule is CCOc1cc(F)c(CNc2ccccc2C(=N)c2ncc(CCCS(C)(=O)=O)c(Nc3ccncc3)n2)c(F)c1. The van der Waals surface area contributed by atoms with Crippen LogP contribution in [0, 0.1) is 17.0 Å². The van der Waals surface area contributed by atoms with E-state index in [-0.39, 0.29) is 41.8 Å². The Balaban J connectivity index is 1.59. The summed E-state index contributed by atoms with van der Waals surface area (Å²) >= 11 is 0. The highest BCUT2D eigenvalue weighted by atomic mass is 32.2. The van der Waals surface area contributed by atoms with E-state index in [0.29, 0.717) is 41.2 Å². The van der Waals surface area contributed by atoms with Crippen molar-refractivity contribution < 1.29 is 21.9 Å². The van der Waals surface area contributed by atoms with Crippen LogP contribution >= 0.6 is 0 Å². The first-order chi connectivity index (χ1) is 19.6. The van der Waals surface area contributed by atoms with Crippen LogP contribution in [0.4, 0.5) is 26.0 Å². The van der Waals surface area contributed by atoms with Crippen molar-refractivity contribution in [2.75, 3.05) is 29.2 Å². The molecular weight excluding hydrogens is 550 g/mol. The molecule has 41 heavy (non-hydrogen) atoms. The van der Waals surface area contributed by atoms with Gasteiger partial charge in [-0.2, -0.15) is 0 Å². The van der Waals surface area contributed by atoms with Crippen LogP contribution in [0.25, 0.3) is 0 Å². The van der Waals surface area contributed by atoms with Gasteiger partial charge in [0.05, 0.1) is 12.4 Å². The first-order valence-electron chi connectivity index (χ1n) is 12.9. The number of para-hydroxylation sites is 1. The molecule has 0 bridgehead atoms. The molecule has 2 aromatic heterocycles. The lowest BCUT2D eigenvalue weighted by atomic mass is 10.1. The third-order valence-corrected chi connectivity index (χ3v) is 7.10. The van der Waals surface area contributed by atoms with Crippen molar-refractivity contribution in [2.45, 2.75) is 26.3 Å². The minimum absolute atomic E-state index is 0.0128. The third kappa shape index (κ3) is 8.04. The van der Waals surface area contributed by atoms with Crippen LogP contribution < -0.4 is 15.4 Å². The van der Waals surface area contributed by atoms with Gasteiger partial charge < -0.3 is 15.4 Å². The predicted molar refractivity (Wildman–Crippen MR) is 155 cm³/mol. The Morgan fingerprint density at radius 3 is 2.46 bits per heavy atom. The Hall–Kier alpha value is -4.45. The number of pyridine rings is 1. The van der Waals surface area contributed by atoms with E-state index in [9.17, 15) is 17.2 Å². The van der Waals surface area contributed by atoms with Crippen molar-refractivity contribution in [3.05, 3.63) is 101 Å². The lowest BCUT2D eigenvalue weighted by Gasteiger charge is -2.16. The highest BCUT2D eigenvalue weighted by molar-refractivity contribution is 7.90. The molecule has 0 aliphatic rings. The minimum atomic E-state index is -3.13. The first-order valence-corrected chi connectivity index (χ1v) is 14.9. The van der Waals surface area contributed by atoms with Gasteiger partial charge in [-0.3, -0.25) is 10.4 Å². The largest absolute Gasteiger partial charge is 0.494 e. The van der Waals surface area contributed by atoms with Gasteiger partial charge in [-0.1, -0.05) is 18.2 Å². The number of benzene rings is 2. The first kappa shape index (κ1) is 29.5. The molecule has 0 radical (unpaired) electrons. The van der Waals surface area contributed by atoms with Gasteiger partial charge >= 0.3 is 0 Å². The normalized spacial score (nSPS) is 11.2. The Bertz CT molecular complexity index is 1610.